The number of hydrogen-bond donors (Lipinski definition) is 1. The molecule has 0 aromatic carbocycles. The predicted octanol–water partition coefficient (Wildman–Crippen LogP) is -0.0867. The van der Waals surface area contributed by atoms with Gasteiger partial charge in [0.1, 0.15) is 6.04 Å². The number of ether oxygens (including phenoxy) is 2. The minimum Gasteiger partial charge on any atom is -0.465 e. The van der Waals surface area contributed by atoms with Crippen molar-refractivity contribution in [3.8, 4) is 0 Å². The smallest absolute Gasteiger partial charge is 0.323 e. The number of carbonyl (C=O) groups is 1. The van der Waals surface area contributed by atoms with E-state index in [1.807, 2.05) is 0 Å². The lowest BCUT2D eigenvalue weighted by molar-refractivity contribution is -0.146. The summed E-state index contributed by atoms with van der Waals surface area (Å²) in [6.45, 7) is 3.45. The van der Waals surface area contributed by atoms with Crippen molar-refractivity contribution in [3.05, 3.63) is 0 Å². The number of esters is 1. The molecular weight excluding hydrogens is 158 g/mol. The van der Waals surface area contributed by atoms with Crippen LogP contribution in [0.25, 0.3) is 0 Å². The fourth-order valence-electron chi connectivity index (χ4n) is 1.27. The van der Waals surface area contributed by atoms with Gasteiger partial charge in [0.25, 0.3) is 0 Å². The molecule has 1 fully saturated rings. The van der Waals surface area contributed by atoms with Crippen molar-refractivity contribution in [1.82, 2.24) is 0 Å². The van der Waals surface area contributed by atoms with Crippen LogP contribution in [0.4, 0.5) is 0 Å². The topological polar surface area (TPSA) is 61.5 Å². The summed E-state index contributed by atoms with van der Waals surface area (Å²) in [6.07, 6.45) is 0.861. The highest BCUT2D eigenvalue weighted by Gasteiger charge is 2.28. The zero-order chi connectivity index (χ0) is 8.97. The molecule has 70 valence electrons. The molecule has 0 radical (unpaired) electrons. The van der Waals surface area contributed by atoms with Crippen LogP contribution in [-0.2, 0) is 14.3 Å². The maximum atomic E-state index is 11.1. The van der Waals surface area contributed by atoms with Gasteiger partial charge in [-0.25, -0.2) is 0 Å². The summed E-state index contributed by atoms with van der Waals surface area (Å²) in [5.41, 5.74) is 5.65. The number of carbonyl (C=O) groups excluding carboxylic acids is 1. The van der Waals surface area contributed by atoms with Crippen LogP contribution < -0.4 is 5.73 Å². The van der Waals surface area contributed by atoms with Crippen molar-refractivity contribution in [1.29, 1.82) is 0 Å². The van der Waals surface area contributed by atoms with Gasteiger partial charge in [-0.15, -0.1) is 0 Å². The van der Waals surface area contributed by atoms with Gasteiger partial charge in [-0.1, -0.05) is 0 Å². The predicted molar refractivity (Wildman–Crippen MR) is 43.5 cm³/mol. The maximum Gasteiger partial charge on any atom is 0.323 e. The molecule has 1 aliphatic rings. The summed E-state index contributed by atoms with van der Waals surface area (Å²) in [5.74, 6) is -0.169. The molecule has 0 unspecified atom stereocenters. The molecule has 0 aliphatic carbocycles. The van der Waals surface area contributed by atoms with Crippen LogP contribution >= 0.6 is 0 Å². The lowest BCUT2D eigenvalue weighted by Crippen LogP contribution is -2.39. The van der Waals surface area contributed by atoms with Crippen molar-refractivity contribution in [2.75, 3.05) is 19.8 Å². The number of hydrogen-bond acceptors (Lipinski definition) is 4. The molecule has 2 atom stereocenters. The maximum absolute atomic E-state index is 11.1. The van der Waals surface area contributed by atoms with E-state index in [9.17, 15) is 4.79 Å². The Balaban J connectivity index is 2.34. The fourth-order valence-corrected chi connectivity index (χ4v) is 1.27. The second-order valence-corrected chi connectivity index (χ2v) is 2.90. The Morgan fingerprint density at radius 3 is 3.08 bits per heavy atom. The number of rotatable bonds is 3. The van der Waals surface area contributed by atoms with Gasteiger partial charge < -0.3 is 15.2 Å². The lowest BCUT2D eigenvalue weighted by atomic mass is 10.0. The van der Waals surface area contributed by atoms with Gasteiger partial charge in [0.05, 0.1) is 13.2 Å². The molecule has 12 heavy (non-hydrogen) atoms. The first-order valence-corrected chi connectivity index (χ1v) is 4.25. The molecule has 0 aromatic rings. The SMILES string of the molecule is CCOC(=O)[C@H](N)[C@@H]1CCOC1. The molecular formula is C8H15NO3. The van der Waals surface area contributed by atoms with Gasteiger partial charge in [0.2, 0.25) is 0 Å². The Bertz CT molecular complexity index is 154. The molecule has 1 heterocycles. The summed E-state index contributed by atoms with van der Waals surface area (Å²) in [6, 6.07) is -0.507. The minimum atomic E-state index is -0.507. The first-order valence-electron chi connectivity index (χ1n) is 4.25. The summed E-state index contributed by atoms with van der Waals surface area (Å²) >= 11 is 0. The summed E-state index contributed by atoms with van der Waals surface area (Å²) in [5, 5.41) is 0. The van der Waals surface area contributed by atoms with E-state index in [1.54, 1.807) is 6.92 Å². The van der Waals surface area contributed by atoms with Crippen LogP contribution in [0, 0.1) is 5.92 Å². The van der Waals surface area contributed by atoms with E-state index in [4.69, 9.17) is 15.2 Å². The molecule has 0 aromatic heterocycles. The monoisotopic (exact) mass is 173 g/mol. The molecule has 0 spiro atoms. The third-order valence-corrected chi connectivity index (χ3v) is 2.03. The van der Waals surface area contributed by atoms with Crippen LogP contribution in [0.1, 0.15) is 13.3 Å². The molecule has 1 rings (SSSR count). The standard InChI is InChI=1S/C8H15NO3/c1-2-12-8(10)7(9)6-3-4-11-5-6/h6-7H,2-5,9H2,1H3/t6-,7-/m1/s1. The lowest BCUT2D eigenvalue weighted by Gasteiger charge is -2.15. The van der Waals surface area contributed by atoms with Crippen LogP contribution in [0.2, 0.25) is 0 Å². The van der Waals surface area contributed by atoms with Gasteiger partial charge >= 0.3 is 5.97 Å². The zero-order valence-electron chi connectivity index (χ0n) is 7.29. The van der Waals surface area contributed by atoms with E-state index in [-0.39, 0.29) is 11.9 Å². The largest absolute Gasteiger partial charge is 0.465 e. The van der Waals surface area contributed by atoms with E-state index in [1.165, 1.54) is 0 Å². The van der Waals surface area contributed by atoms with Gasteiger partial charge in [0.15, 0.2) is 0 Å². The van der Waals surface area contributed by atoms with Crippen LogP contribution in [0.3, 0.4) is 0 Å². The van der Waals surface area contributed by atoms with Gasteiger partial charge in [-0.2, -0.15) is 0 Å². The normalized spacial score (nSPS) is 25.3. The zero-order valence-corrected chi connectivity index (χ0v) is 7.29. The first kappa shape index (κ1) is 9.48. The molecule has 0 saturated carbocycles. The Morgan fingerprint density at radius 2 is 2.58 bits per heavy atom. The summed E-state index contributed by atoms with van der Waals surface area (Å²) < 4.78 is 9.92. The second kappa shape index (κ2) is 4.42. The van der Waals surface area contributed by atoms with Crippen LogP contribution in [0.5, 0.6) is 0 Å². The average Bonchev–Trinajstić information content (AvgIpc) is 2.55. The second-order valence-electron chi connectivity index (χ2n) is 2.90. The quantitative estimate of drug-likeness (QED) is 0.606. The van der Waals surface area contributed by atoms with Crippen molar-refractivity contribution in [2.45, 2.75) is 19.4 Å². The van der Waals surface area contributed by atoms with E-state index < -0.39 is 6.04 Å². The van der Waals surface area contributed by atoms with Crippen molar-refractivity contribution in [3.63, 3.8) is 0 Å². The van der Waals surface area contributed by atoms with E-state index in [2.05, 4.69) is 0 Å². The Morgan fingerprint density at radius 1 is 1.83 bits per heavy atom. The van der Waals surface area contributed by atoms with E-state index >= 15 is 0 Å². The van der Waals surface area contributed by atoms with Crippen LogP contribution in [-0.4, -0.2) is 31.8 Å². The van der Waals surface area contributed by atoms with Crippen molar-refractivity contribution < 1.29 is 14.3 Å². The molecule has 1 aliphatic heterocycles. The molecule has 0 amide bonds. The van der Waals surface area contributed by atoms with Crippen molar-refractivity contribution in [2.24, 2.45) is 11.7 Å². The van der Waals surface area contributed by atoms with Gasteiger partial charge in [0, 0.05) is 12.5 Å². The third-order valence-electron chi connectivity index (χ3n) is 2.03. The van der Waals surface area contributed by atoms with E-state index in [0.29, 0.717) is 19.8 Å². The van der Waals surface area contributed by atoms with E-state index in [0.717, 1.165) is 6.42 Å². The fraction of sp³-hybridized carbons (Fsp3) is 0.875. The Kier molecular flexibility index (Phi) is 3.49. The first-order chi connectivity index (χ1) is 5.75. The molecule has 4 heteroatoms. The van der Waals surface area contributed by atoms with Gasteiger partial charge in [-0.05, 0) is 13.3 Å². The molecule has 1 saturated heterocycles. The third kappa shape index (κ3) is 2.19. The number of nitrogens with two attached hydrogens (primary N) is 1. The summed E-state index contributed by atoms with van der Waals surface area (Å²) in [4.78, 5) is 11.1. The highest BCUT2D eigenvalue weighted by molar-refractivity contribution is 5.75. The highest BCUT2D eigenvalue weighted by Crippen LogP contribution is 2.15. The average molecular weight is 173 g/mol. The minimum absolute atomic E-state index is 0.143. The molecule has 4 nitrogen and oxygen atoms in total. The Labute approximate surface area is 72.0 Å². The summed E-state index contributed by atoms with van der Waals surface area (Å²) in [7, 11) is 0. The Hall–Kier alpha value is -0.610. The highest BCUT2D eigenvalue weighted by atomic mass is 16.5. The van der Waals surface area contributed by atoms with Gasteiger partial charge in [-0.3, -0.25) is 4.79 Å². The molecule has 0 bridgehead atoms. The molecule has 2 N–H and O–H groups in total. The van der Waals surface area contributed by atoms with Crippen LogP contribution in [0.15, 0.2) is 0 Å². The van der Waals surface area contributed by atoms with Crippen molar-refractivity contribution >= 4 is 5.97 Å².